The number of urea groups is 1. The SMILES string of the molecule is COc1cc(OC)cc(OCCNC(=O)N2CCN(c3ccccn3)CC2)c1. The maximum Gasteiger partial charge on any atom is 0.317 e. The molecule has 1 saturated heterocycles. The van der Waals surface area contributed by atoms with Crippen LogP contribution < -0.4 is 24.4 Å². The normalized spacial score (nSPS) is 13.8. The fourth-order valence-corrected chi connectivity index (χ4v) is 2.98. The van der Waals surface area contributed by atoms with Crippen LogP contribution in [-0.4, -0.2) is 69.5 Å². The van der Waals surface area contributed by atoms with Gasteiger partial charge in [-0.15, -0.1) is 0 Å². The average molecular weight is 386 g/mol. The molecule has 3 rings (SSSR count). The van der Waals surface area contributed by atoms with Gasteiger partial charge in [-0.3, -0.25) is 0 Å². The number of piperazine rings is 1. The van der Waals surface area contributed by atoms with E-state index in [0.717, 1.165) is 18.9 Å². The molecule has 1 aromatic carbocycles. The first-order valence-corrected chi connectivity index (χ1v) is 9.24. The molecule has 1 aromatic heterocycles. The van der Waals surface area contributed by atoms with E-state index in [-0.39, 0.29) is 6.03 Å². The first kappa shape index (κ1) is 19.6. The first-order valence-electron chi connectivity index (χ1n) is 9.24. The highest BCUT2D eigenvalue weighted by atomic mass is 16.5. The second-order valence-electron chi connectivity index (χ2n) is 6.29. The summed E-state index contributed by atoms with van der Waals surface area (Å²) >= 11 is 0. The molecule has 28 heavy (non-hydrogen) atoms. The van der Waals surface area contributed by atoms with Gasteiger partial charge >= 0.3 is 6.03 Å². The summed E-state index contributed by atoms with van der Waals surface area (Å²) in [6.45, 7) is 3.64. The largest absolute Gasteiger partial charge is 0.496 e. The molecule has 1 aliphatic heterocycles. The van der Waals surface area contributed by atoms with E-state index < -0.39 is 0 Å². The van der Waals surface area contributed by atoms with E-state index in [2.05, 4.69) is 15.2 Å². The predicted molar refractivity (Wildman–Crippen MR) is 106 cm³/mol. The smallest absolute Gasteiger partial charge is 0.317 e. The van der Waals surface area contributed by atoms with Crippen LogP contribution >= 0.6 is 0 Å². The molecule has 0 spiro atoms. The fourth-order valence-electron chi connectivity index (χ4n) is 2.98. The Morgan fingerprint density at radius 3 is 2.32 bits per heavy atom. The summed E-state index contributed by atoms with van der Waals surface area (Å²) in [5, 5.41) is 2.90. The van der Waals surface area contributed by atoms with Crippen molar-refractivity contribution in [3.63, 3.8) is 0 Å². The summed E-state index contributed by atoms with van der Waals surface area (Å²) in [6, 6.07) is 11.1. The van der Waals surface area contributed by atoms with Crippen molar-refractivity contribution in [1.29, 1.82) is 0 Å². The van der Waals surface area contributed by atoms with Gasteiger partial charge in [0, 0.05) is 50.6 Å². The topological polar surface area (TPSA) is 76.2 Å². The Hall–Kier alpha value is -3.16. The lowest BCUT2D eigenvalue weighted by atomic mass is 10.3. The number of amides is 2. The number of carbonyl (C=O) groups is 1. The molecule has 0 bridgehead atoms. The van der Waals surface area contributed by atoms with E-state index in [1.807, 2.05) is 23.1 Å². The third-order valence-electron chi connectivity index (χ3n) is 4.51. The number of anilines is 1. The molecule has 0 unspecified atom stereocenters. The van der Waals surface area contributed by atoms with Gasteiger partial charge in [0.1, 0.15) is 29.7 Å². The molecule has 8 heteroatoms. The zero-order valence-electron chi connectivity index (χ0n) is 16.3. The number of nitrogens with zero attached hydrogens (tertiary/aromatic N) is 3. The molecular formula is C20H26N4O4. The van der Waals surface area contributed by atoms with Crippen molar-refractivity contribution < 1.29 is 19.0 Å². The lowest BCUT2D eigenvalue weighted by Gasteiger charge is -2.35. The molecule has 1 fully saturated rings. The maximum atomic E-state index is 12.3. The van der Waals surface area contributed by atoms with Crippen LogP contribution in [0.5, 0.6) is 17.2 Å². The minimum atomic E-state index is -0.0764. The van der Waals surface area contributed by atoms with E-state index in [1.165, 1.54) is 0 Å². The Kier molecular flexibility index (Phi) is 6.78. The lowest BCUT2D eigenvalue weighted by Crippen LogP contribution is -2.52. The molecule has 2 heterocycles. The molecule has 0 atom stereocenters. The Morgan fingerprint density at radius 2 is 1.71 bits per heavy atom. The highest BCUT2D eigenvalue weighted by Gasteiger charge is 2.21. The number of hydrogen-bond acceptors (Lipinski definition) is 6. The van der Waals surface area contributed by atoms with Crippen molar-refractivity contribution in [2.24, 2.45) is 0 Å². The van der Waals surface area contributed by atoms with Crippen molar-refractivity contribution >= 4 is 11.8 Å². The highest BCUT2D eigenvalue weighted by molar-refractivity contribution is 5.74. The fraction of sp³-hybridized carbons (Fsp3) is 0.400. The molecule has 0 aliphatic carbocycles. The molecular weight excluding hydrogens is 360 g/mol. The Bertz CT molecular complexity index is 742. The number of hydrogen-bond donors (Lipinski definition) is 1. The molecule has 1 aliphatic rings. The van der Waals surface area contributed by atoms with Gasteiger partial charge in [0.25, 0.3) is 0 Å². The number of ether oxygens (including phenoxy) is 3. The molecule has 150 valence electrons. The van der Waals surface area contributed by atoms with Crippen LogP contribution in [0.1, 0.15) is 0 Å². The van der Waals surface area contributed by atoms with Crippen LogP contribution in [0, 0.1) is 0 Å². The van der Waals surface area contributed by atoms with Crippen molar-refractivity contribution in [2.75, 3.05) is 58.5 Å². The van der Waals surface area contributed by atoms with Gasteiger partial charge in [-0.05, 0) is 12.1 Å². The second kappa shape index (κ2) is 9.68. The molecule has 2 amide bonds. The first-order chi connectivity index (χ1) is 13.7. The summed E-state index contributed by atoms with van der Waals surface area (Å²) in [5.41, 5.74) is 0. The zero-order chi connectivity index (χ0) is 19.8. The van der Waals surface area contributed by atoms with Crippen LogP contribution in [0.4, 0.5) is 10.6 Å². The van der Waals surface area contributed by atoms with Crippen molar-refractivity contribution in [1.82, 2.24) is 15.2 Å². The summed E-state index contributed by atoms with van der Waals surface area (Å²) < 4.78 is 16.1. The maximum absolute atomic E-state index is 12.3. The van der Waals surface area contributed by atoms with Crippen LogP contribution in [0.2, 0.25) is 0 Å². The number of methoxy groups -OCH3 is 2. The van der Waals surface area contributed by atoms with Crippen LogP contribution in [0.25, 0.3) is 0 Å². The Labute approximate surface area is 165 Å². The lowest BCUT2D eigenvalue weighted by molar-refractivity contribution is 0.191. The molecule has 0 radical (unpaired) electrons. The van der Waals surface area contributed by atoms with E-state index in [0.29, 0.717) is 43.5 Å². The van der Waals surface area contributed by atoms with Crippen LogP contribution in [0.15, 0.2) is 42.6 Å². The minimum Gasteiger partial charge on any atom is -0.496 e. The average Bonchev–Trinajstić information content (AvgIpc) is 2.77. The summed E-state index contributed by atoms with van der Waals surface area (Å²) in [4.78, 5) is 20.7. The van der Waals surface area contributed by atoms with E-state index >= 15 is 0 Å². The number of carbonyl (C=O) groups excluding carboxylic acids is 1. The van der Waals surface area contributed by atoms with Gasteiger partial charge in [0.05, 0.1) is 20.8 Å². The van der Waals surface area contributed by atoms with Gasteiger partial charge in [-0.25, -0.2) is 9.78 Å². The highest BCUT2D eigenvalue weighted by Crippen LogP contribution is 2.27. The van der Waals surface area contributed by atoms with Gasteiger partial charge in [0.2, 0.25) is 0 Å². The van der Waals surface area contributed by atoms with Crippen molar-refractivity contribution in [3.8, 4) is 17.2 Å². The number of nitrogens with one attached hydrogen (secondary N) is 1. The quantitative estimate of drug-likeness (QED) is 0.734. The number of pyridine rings is 1. The summed E-state index contributed by atoms with van der Waals surface area (Å²) in [6.07, 6.45) is 1.78. The summed E-state index contributed by atoms with van der Waals surface area (Å²) in [7, 11) is 3.18. The van der Waals surface area contributed by atoms with Gasteiger partial charge in [0.15, 0.2) is 0 Å². The third kappa shape index (κ3) is 5.18. The predicted octanol–water partition coefficient (Wildman–Crippen LogP) is 2.01. The molecule has 8 nitrogen and oxygen atoms in total. The summed E-state index contributed by atoms with van der Waals surface area (Å²) in [5.74, 6) is 2.90. The monoisotopic (exact) mass is 386 g/mol. The van der Waals surface area contributed by atoms with Crippen molar-refractivity contribution in [2.45, 2.75) is 0 Å². The van der Waals surface area contributed by atoms with Crippen LogP contribution in [0.3, 0.4) is 0 Å². The molecule has 2 aromatic rings. The number of benzene rings is 1. The second-order valence-corrected chi connectivity index (χ2v) is 6.29. The Balaban J connectivity index is 1.39. The van der Waals surface area contributed by atoms with Gasteiger partial charge in [-0.1, -0.05) is 6.07 Å². The standard InChI is InChI=1S/C20H26N4O4/c1-26-16-13-17(27-2)15-18(14-16)28-12-7-22-20(25)24-10-8-23(9-11-24)19-5-3-4-6-21-19/h3-6,13-15H,7-12H2,1-2H3,(H,22,25). The number of aromatic nitrogens is 1. The van der Waals surface area contributed by atoms with E-state index in [4.69, 9.17) is 14.2 Å². The third-order valence-corrected chi connectivity index (χ3v) is 4.51. The minimum absolute atomic E-state index is 0.0764. The van der Waals surface area contributed by atoms with Gasteiger partial charge in [-0.2, -0.15) is 0 Å². The molecule has 0 saturated carbocycles. The van der Waals surface area contributed by atoms with Crippen molar-refractivity contribution in [3.05, 3.63) is 42.6 Å². The number of rotatable bonds is 7. The van der Waals surface area contributed by atoms with Gasteiger partial charge < -0.3 is 29.3 Å². The van der Waals surface area contributed by atoms with Crippen LogP contribution in [-0.2, 0) is 0 Å². The zero-order valence-corrected chi connectivity index (χ0v) is 16.3. The Morgan fingerprint density at radius 1 is 1.04 bits per heavy atom. The molecule has 1 N–H and O–H groups in total. The van der Waals surface area contributed by atoms with E-state index in [1.54, 1.807) is 38.6 Å². The van der Waals surface area contributed by atoms with E-state index in [9.17, 15) is 4.79 Å².